The molecule has 18 heavy (non-hydrogen) atoms. The zero-order chi connectivity index (χ0) is 13.3. The summed E-state index contributed by atoms with van der Waals surface area (Å²) in [6, 6.07) is 6.03. The van der Waals surface area contributed by atoms with Crippen LogP contribution in [0, 0.1) is 5.92 Å². The third-order valence-corrected chi connectivity index (χ3v) is 4.53. The first-order valence-electron chi connectivity index (χ1n) is 6.25. The zero-order valence-electron chi connectivity index (χ0n) is 10.9. The van der Waals surface area contributed by atoms with E-state index in [9.17, 15) is 9.90 Å². The van der Waals surface area contributed by atoms with Crippen molar-refractivity contribution in [1.82, 2.24) is 0 Å². The van der Waals surface area contributed by atoms with Gasteiger partial charge in [0.25, 0.3) is 0 Å². The van der Waals surface area contributed by atoms with Gasteiger partial charge in [-0.2, -0.15) is 0 Å². The van der Waals surface area contributed by atoms with Crippen LogP contribution in [0.3, 0.4) is 0 Å². The molecule has 4 heteroatoms. The highest BCUT2D eigenvalue weighted by Crippen LogP contribution is 2.38. The predicted molar refractivity (Wildman–Crippen MR) is 75.1 cm³/mol. The van der Waals surface area contributed by atoms with Gasteiger partial charge in [-0.3, -0.25) is 4.79 Å². The number of aliphatic hydroxyl groups is 1. The third kappa shape index (κ3) is 2.54. The summed E-state index contributed by atoms with van der Waals surface area (Å²) in [6.45, 7) is 6.28. The minimum Gasteiger partial charge on any atom is -0.396 e. The minimum absolute atomic E-state index is 0.0561. The van der Waals surface area contributed by atoms with Gasteiger partial charge in [0.2, 0.25) is 5.91 Å². The lowest BCUT2D eigenvalue weighted by atomic mass is 9.89. The van der Waals surface area contributed by atoms with Crippen LogP contribution in [0.2, 0.25) is 0 Å². The number of amides is 1. The van der Waals surface area contributed by atoms with Crippen molar-refractivity contribution in [2.45, 2.75) is 36.8 Å². The molecule has 2 rings (SSSR count). The summed E-state index contributed by atoms with van der Waals surface area (Å²) in [5.41, 5.74) is 2.02. The maximum Gasteiger partial charge on any atom is 0.237 e. The number of hydrogen-bond donors (Lipinski definition) is 2. The van der Waals surface area contributed by atoms with Crippen molar-refractivity contribution in [3.05, 3.63) is 23.8 Å². The van der Waals surface area contributed by atoms with E-state index in [-0.39, 0.29) is 23.7 Å². The first-order chi connectivity index (χ1) is 8.52. The topological polar surface area (TPSA) is 49.3 Å². The fraction of sp³-hybridized carbons (Fsp3) is 0.500. The van der Waals surface area contributed by atoms with E-state index >= 15 is 0 Å². The normalized spacial score (nSPS) is 20.5. The van der Waals surface area contributed by atoms with Crippen LogP contribution < -0.4 is 5.32 Å². The number of anilines is 1. The van der Waals surface area contributed by atoms with Gasteiger partial charge in [0.05, 0.1) is 17.5 Å². The van der Waals surface area contributed by atoms with Crippen LogP contribution in [0.4, 0.5) is 5.69 Å². The Bertz CT molecular complexity index is 459. The van der Waals surface area contributed by atoms with Crippen molar-refractivity contribution in [2.24, 2.45) is 5.92 Å². The third-order valence-electron chi connectivity index (χ3n) is 3.37. The SMILES string of the molecule is CC1Sc2cc(C(CO)C(C)C)ccc2NC1=O. The number of fused-ring (bicyclic) bond motifs is 1. The lowest BCUT2D eigenvalue weighted by Crippen LogP contribution is -2.26. The molecule has 1 aromatic carbocycles. The monoisotopic (exact) mass is 265 g/mol. The minimum atomic E-state index is -0.0561. The van der Waals surface area contributed by atoms with Crippen LogP contribution in [0.15, 0.2) is 23.1 Å². The molecule has 1 aromatic rings. The molecule has 0 aliphatic carbocycles. The van der Waals surface area contributed by atoms with E-state index in [0.717, 1.165) is 16.1 Å². The van der Waals surface area contributed by atoms with Gasteiger partial charge in [0.15, 0.2) is 0 Å². The van der Waals surface area contributed by atoms with Crippen molar-refractivity contribution in [3.63, 3.8) is 0 Å². The van der Waals surface area contributed by atoms with Gasteiger partial charge >= 0.3 is 0 Å². The van der Waals surface area contributed by atoms with E-state index in [2.05, 4.69) is 25.2 Å². The maximum atomic E-state index is 11.6. The lowest BCUT2D eigenvalue weighted by Gasteiger charge is -2.24. The number of hydrogen-bond acceptors (Lipinski definition) is 3. The average molecular weight is 265 g/mol. The maximum absolute atomic E-state index is 11.6. The molecule has 0 radical (unpaired) electrons. The van der Waals surface area contributed by atoms with Crippen molar-refractivity contribution >= 4 is 23.4 Å². The molecular formula is C14H19NO2S. The quantitative estimate of drug-likeness (QED) is 0.883. The highest BCUT2D eigenvalue weighted by atomic mass is 32.2. The van der Waals surface area contributed by atoms with Gasteiger partial charge < -0.3 is 10.4 Å². The fourth-order valence-corrected chi connectivity index (χ4v) is 3.15. The Hall–Kier alpha value is -1.00. The molecule has 1 aliphatic heterocycles. The van der Waals surface area contributed by atoms with E-state index in [4.69, 9.17) is 0 Å². The van der Waals surface area contributed by atoms with Crippen molar-refractivity contribution in [2.75, 3.05) is 11.9 Å². The first-order valence-corrected chi connectivity index (χ1v) is 7.13. The Morgan fingerprint density at radius 1 is 1.44 bits per heavy atom. The van der Waals surface area contributed by atoms with E-state index in [1.807, 2.05) is 19.1 Å². The van der Waals surface area contributed by atoms with Gasteiger partial charge in [-0.25, -0.2) is 0 Å². The van der Waals surface area contributed by atoms with Crippen molar-refractivity contribution in [1.29, 1.82) is 0 Å². The number of thioether (sulfide) groups is 1. The fourth-order valence-electron chi connectivity index (χ4n) is 2.15. The molecule has 0 saturated heterocycles. The summed E-state index contributed by atoms with van der Waals surface area (Å²) >= 11 is 1.58. The number of benzene rings is 1. The number of aliphatic hydroxyl groups excluding tert-OH is 1. The molecule has 0 saturated carbocycles. The van der Waals surface area contributed by atoms with Crippen molar-refractivity contribution < 1.29 is 9.90 Å². The Labute approximate surface area is 112 Å². The average Bonchev–Trinajstić information content (AvgIpc) is 2.31. The number of nitrogens with one attached hydrogen (secondary N) is 1. The summed E-state index contributed by atoms with van der Waals surface area (Å²) in [5, 5.41) is 12.3. The first kappa shape index (κ1) is 13.4. The molecule has 2 unspecified atom stereocenters. The van der Waals surface area contributed by atoms with Crippen LogP contribution >= 0.6 is 11.8 Å². The highest BCUT2D eigenvalue weighted by molar-refractivity contribution is 8.00. The van der Waals surface area contributed by atoms with Crippen LogP contribution in [0.1, 0.15) is 32.3 Å². The Morgan fingerprint density at radius 2 is 2.17 bits per heavy atom. The molecule has 0 fully saturated rings. The standard InChI is InChI=1S/C14H19NO2S/c1-8(2)11(7-16)10-4-5-12-13(6-10)18-9(3)14(17)15-12/h4-6,8-9,11,16H,7H2,1-3H3,(H,15,17). The molecule has 98 valence electrons. The molecule has 2 atom stereocenters. The summed E-state index contributed by atoms with van der Waals surface area (Å²) in [7, 11) is 0. The highest BCUT2D eigenvalue weighted by Gasteiger charge is 2.24. The summed E-state index contributed by atoms with van der Waals surface area (Å²) in [6.07, 6.45) is 0. The predicted octanol–water partition coefficient (Wildman–Crippen LogP) is 2.85. The van der Waals surface area contributed by atoms with Crippen LogP contribution in [0.5, 0.6) is 0 Å². The van der Waals surface area contributed by atoms with E-state index in [0.29, 0.717) is 5.92 Å². The Balaban J connectivity index is 2.32. The van der Waals surface area contributed by atoms with E-state index < -0.39 is 0 Å². The molecule has 3 nitrogen and oxygen atoms in total. The zero-order valence-corrected chi connectivity index (χ0v) is 11.8. The second-order valence-electron chi connectivity index (χ2n) is 5.04. The molecule has 1 amide bonds. The van der Waals surface area contributed by atoms with Crippen molar-refractivity contribution in [3.8, 4) is 0 Å². The van der Waals surface area contributed by atoms with Gasteiger partial charge in [-0.05, 0) is 30.5 Å². The number of carbonyl (C=O) groups is 1. The molecule has 1 heterocycles. The molecule has 1 aliphatic rings. The van der Waals surface area contributed by atoms with Gasteiger partial charge in [-0.1, -0.05) is 19.9 Å². The van der Waals surface area contributed by atoms with E-state index in [1.54, 1.807) is 11.8 Å². The molecule has 0 spiro atoms. The van der Waals surface area contributed by atoms with Gasteiger partial charge in [0.1, 0.15) is 0 Å². The van der Waals surface area contributed by atoms with Crippen LogP contribution in [-0.2, 0) is 4.79 Å². The number of carbonyl (C=O) groups excluding carboxylic acids is 1. The van der Waals surface area contributed by atoms with E-state index in [1.165, 1.54) is 0 Å². The summed E-state index contributed by atoms with van der Waals surface area (Å²) in [4.78, 5) is 12.7. The molecule has 2 N–H and O–H groups in total. The lowest BCUT2D eigenvalue weighted by molar-refractivity contribution is -0.115. The smallest absolute Gasteiger partial charge is 0.237 e. The van der Waals surface area contributed by atoms with Gasteiger partial charge in [-0.15, -0.1) is 11.8 Å². The second kappa shape index (κ2) is 5.33. The Morgan fingerprint density at radius 3 is 2.78 bits per heavy atom. The Kier molecular flexibility index (Phi) is 3.97. The van der Waals surface area contributed by atoms with Crippen LogP contribution in [0.25, 0.3) is 0 Å². The largest absolute Gasteiger partial charge is 0.396 e. The van der Waals surface area contributed by atoms with Gasteiger partial charge in [0, 0.05) is 10.8 Å². The van der Waals surface area contributed by atoms with Crippen LogP contribution in [-0.4, -0.2) is 22.9 Å². The second-order valence-corrected chi connectivity index (χ2v) is 6.42. The molecule has 0 aromatic heterocycles. The molecular weight excluding hydrogens is 246 g/mol. The summed E-state index contributed by atoms with van der Waals surface area (Å²) in [5.74, 6) is 0.611. The number of rotatable bonds is 3. The summed E-state index contributed by atoms with van der Waals surface area (Å²) < 4.78 is 0. The molecule has 0 bridgehead atoms.